The third-order valence-corrected chi connectivity index (χ3v) is 13.4. The topological polar surface area (TPSA) is 139 Å². The highest BCUT2D eigenvalue weighted by Crippen LogP contribution is 2.68. The molecule has 1 aromatic heterocycles. The van der Waals surface area contributed by atoms with Crippen LogP contribution in [0.2, 0.25) is 0 Å². The lowest BCUT2D eigenvalue weighted by Gasteiger charge is -2.61. The van der Waals surface area contributed by atoms with Gasteiger partial charge in [0, 0.05) is 29.5 Å². The van der Waals surface area contributed by atoms with Gasteiger partial charge in [0.1, 0.15) is 18.9 Å². The van der Waals surface area contributed by atoms with E-state index in [1.807, 2.05) is 0 Å². The van der Waals surface area contributed by atoms with Crippen LogP contribution < -0.4 is 11.2 Å². The van der Waals surface area contributed by atoms with Gasteiger partial charge in [-0.2, -0.15) is 0 Å². The van der Waals surface area contributed by atoms with E-state index in [0.29, 0.717) is 34.7 Å². The minimum Gasteiger partial charge on any atom is -0.463 e. The van der Waals surface area contributed by atoms with E-state index in [0.717, 1.165) is 30.1 Å². The highest BCUT2D eigenvalue weighted by Gasteiger charge is 2.60. The Morgan fingerprint density at radius 2 is 1.93 bits per heavy atom. The zero-order chi connectivity index (χ0) is 31.2. The number of hydrogen-bond donors (Lipinski definition) is 1. The number of ether oxygens (including phenoxy) is 2. The number of aromatic nitrogens is 2. The smallest absolute Gasteiger partial charge is 0.330 e. The Balaban J connectivity index is 1.02. The summed E-state index contributed by atoms with van der Waals surface area (Å²) in [5.41, 5.74) is 9.33. The van der Waals surface area contributed by atoms with E-state index in [1.165, 1.54) is 75.0 Å². The standard InChI is InChI=1S/C34H51N5O5/c1-20(24-11-12-25-23-10-9-22-7-5-6-15-33(22,3)26(23)14-16-34(24,25)4)8-13-30(40)43-19-28-27(37-38-35)17-29(44-28)39-18-21(2)31(41)36-32(39)42/h18,20,22-29H,5-17,19H2,1-4H3,(H,36,41,42)/t20?,22?,23?,24?,25?,26?,27-,28?,29?,33?,34?/m0/s1. The molecule has 10 nitrogen and oxygen atoms in total. The van der Waals surface area contributed by atoms with E-state index >= 15 is 0 Å². The van der Waals surface area contributed by atoms with E-state index < -0.39 is 29.6 Å². The third-order valence-electron chi connectivity index (χ3n) is 13.4. The number of carbonyl (C=O) groups is 1. The highest BCUT2D eigenvalue weighted by molar-refractivity contribution is 5.69. The quantitative estimate of drug-likeness (QED) is 0.149. The van der Waals surface area contributed by atoms with Gasteiger partial charge in [0.05, 0.1) is 6.04 Å². The Labute approximate surface area is 260 Å². The molecule has 1 N–H and O–H groups in total. The molecule has 0 radical (unpaired) electrons. The van der Waals surface area contributed by atoms with Crippen molar-refractivity contribution >= 4 is 5.97 Å². The van der Waals surface area contributed by atoms with Crippen LogP contribution in [-0.4, -0.2) is 34.3 Å². The van der Waals surface area contributed by atoms with Gasteiger partial charge in [0.25, 0.3) is 5.56 Å². The molecule has 242 valence electrons. The molecule has 10 heteroatoms. The molecule has 1 aromatic rings. The Kier molecular flexibility index (Phi) is 8.79. The highest BCUT2D eigenvalue weighted by atomic mass is 16.6. The Hall–Kier alpha value is -2.58. The molecule has 6 rings (SSSR count). The average molecular weight is 610 g/mol. The third kappa shape index (κ3) is 5.55. The molecule has 1 saturated heterocycles. The van der Waals surface area contributed by atoms with E-state index in [1.54, 1.807) is 6.92 Å². The first-order valence-corrected chi connectivity index (χ1v) is 17.2. The van der Waals surface area contributed by atoms with Crippen LogP contribution in [-0.2, 0) is 14.3 Å². The van der Waals surface area contributed by atoms with Crippen molar-refractivity contribution in [3.63, 3.8) is 0 Å². The lowest BCUT2D eigenvalue weighted by molar-refractivity contribution is -0.149. The van der Waals surface area contributed by atoms with Crippen molar-refractivity contribution < 1.29 is 14.3 Å². The van der Waals surface area contributed by atoms with Gasteiger partial charge in [0.15, 0.2) is 0 Å². The first-order valence-electron chi connectivity index (χ1n) is 17.2. The maximum Gasteiger partial charge on any atom is 0.330 e. The van der Waals surface area contributed by atoms with Crippen molar-refractivity contribution in [1.82, 2.24) is 9.55 Å². The molecule has 1 aliphatic heterocycles. The molecular formula is C34H51N5O5. The molecule has 0 amide bonds. The second kappa shape index (κ2) is 12.3. The maximum atomic E-state index is 12.9. The number of esters is 1. The average Bonchev–Trinajstić information content (AvgIpc) is 3.57. The normalized spacial score (nSPS) is 40.3. The Bertz CT molecular complexity index is 1400. The van der Waals surface area contributed by atoms with Gasteiger partial charge in [-0.05, 0) is 117 Å². The lowest BCUT2D eigenvalue weighted by atomic mass is 9.44. The molecule has 0 bridgehead atoms. The van der Waals surface area contributed by atoms with Gasteiger partial charge < -0.3 is 9.47 Å². The number of hydrogen-bond acceptors (Lipinski definition) is 6. The number of rotatable bonds is 8. The number of fused-ring (bicyclic) bond motifs is 5. The van der Waals surface area contributed by atoms with Crippen LogP contribution in [0.5, 0.6) is 0 Å². The number of aromatic amines is 1. The molecule has 10 unspecified atom stereocenters. The summed E-state index contributed by atoms with van der Waals surface area (Å²) in [6.45, 7) is 9.12. The van der Waals surface area contributed by atoms with E-state index in [-0.39, 0.29) is 19.0 Å². The summed E-state index contributed by atoms with van der Waals surface area (Å²) in [6, 6.07) is -0.590. The molecule has 2 heterocycles. The largest absolute Gasteiger partial charge is 0.463 e. The minimum atomic E-state index is -0.723. The fourth-order valence-electron chi connectivity index (χ4n) is 11.1. The number of aryl methyl sites for hydroxylation is 1. The summed E-state index contributed by atoms with van der Waals surface area (Å²) >= 11 is 0. The first-order chi connectivity index (χ1) is 21.0. The minimum absolute atomic E-state index is 0.0451. The van der Waals surface area contributed by atoms with Gasteiger partial charge >= 0.3 is 11.7 Å². The van der Waals surface area contributed by atoms with Gasteiger partial charge in [0.2, 0.25) is 0 Å². The van der Waals surface area contributed by atoms with Crippen LogP contribution in [0.25, 0.3) is 10.4 Å². The van der Waals surface area contributed by atoms with Crippen molar-refractivity contribution in [3.05, 3.63) is 43.0 Å². The molecule has 0 aromatic carbocycles. The van der Waals surface area contributed by atoms with Crippen LogP contribution >= 0.6 is 0 Å². The van der Waals surface area contributed by atoms with E-state index in [4.69, 9.17) is 15.0 Å². The molecule has 4 saturated carbocycles. The van der Waals surface area contributed by atoms with Crippen LogP contribution in [0.15, 0.2) is 20.9 Å². The monoisotopic (exact) mass is 609 g/mol. The molecule has 44 heavy (non-hydrogen) atoms. The zero-order valence-electron chi connectivity index (χ0n) is 27.0. The summed E-state index contributed by atoms with van der Waals surface area (Å²) in [7, 11) is 0. The second-order valence-corrected chi connectivity index (χ2v) is 15.4. The summed E-state index contributed by atoms with van der Waals surface area (Å²) in [5.74, 6) is 4.38. The van der Waals surface area contributed by atoms with Crippen LogP contribution in [0.1, 0.15) is 116 Å². The number of carbonyl (C=O) groups excluding carboxylic acids is 1. The fourth-order valence-corrected chi connectivity index (χ4v) is 11.1. The van der Waals surface area contributed by atoms with Crippen molar-refractivity contribution in [2.75, 3.05) is 6.61 Å². The molecular weight excluding hydrogens is 558 g/mol. The van der Waals surface area contributed by atoms with Crippen molar-refractivity contribution in [2.24, 2.45) is 51.5 Å². The Morgan fingerprint density at radius 3 is 2.73 bits per heavy atom. The molecule has 0 spiro atoms. The van der Waals surface area contributed by atoms with Crippen molar-refractivity contribution in [1.29, 1.82) is 0 Å². The summed E-state index contributed by atoms with van der Waals surface area (Å²) in [4.78, 5) is 42.3. The van der Waals surface area contributed by atoms with Crippen LogP contribution in [0, 0.1) is 53.3 Å². The number of nitrogens with zero attached hydrogens (tertiary/aromatic N) is 4. The van der Waals surface area contributed by atoms with E-state index in [9.17, 15) is 14.4 Å². The molecule has 11 atom stereocenters. The molecule has 4 aliphatic carbocycles. The zero-order valence-corrected chi connectivity index (χ0v) is 27.0. The second-order valence-electron chi connectivity index (χ2n) is 15.4. The predicted octanol–water partition coefficient (Wildman–Crippen LogP) is 6.82. The molecule has 5 fully saturated rings. The van der Waals surface area contributed by atoms with Gasteiger partial charge in [-0.1, -0.05) is 38.7 Å². The summed E-state index contributed by atoms with van der Waals surface area (Å²) in [5, 5.41) is 3.83. The van der Waals surface area contributed by atoms with Gasteiger partial charge in [-0.25, -0.2) is 4.79 Å². The summed E-state index contributed by atoms with van der Waals surface area (Å²) < 4.78 is 12.9. The fraction of sp³-hybridized carbons (Fsp3) is 0.853. The van der Waals surface area contributed by atoms with Crippen LogP contribution in [0.3, 0.4) is 0 Å². The summed E-state index contributed by atoms with van der Waals surface area (Å²) in [6.07, 6.45) is 15.4. The van der Waals surface area contributed by atoms with Crippen molar-refractivity contribution in [2.45, 2.75) is 130 Å². The number of nitrogens with one attached hydrogen (secondary N) is 1. The maximum absolute atomic E-state index is 12.9. The number of azide groups is 1. The molecule has 5 aliphatic rings. The SMILES string of the molecule is Cc1cn(C2C[C@H](N=[N+]=[N-])C(COC(=O)CCC(C)C3CCC4C5CCC6CCCCC6(C)C5CCC34C)O2)c(=O)[nH]c1=O. The van der Waals surface area contributed by atoms with E-state index in [2.05, 4.69) is 35.8 Å². The Morgan fingerprint density at radius 1 is 1.14 bits per heavy atom. The number of H-pyrrole nitrogens is 1. The predicted molar refractivity (Wildman–Crippen MR) is 167 cm³/mol. The van der Waals surface area contributed by atoms with Crippen molar-refractivity contribution in [3.8, 4) is 0 Å². The van der Waals surface area contributed by atoms with Crippen LogP contribution in [0.4, 0.5) is 0 Å². The van der Waals surface area contributed by atoms with Gasteiger partial charge in [-0.15, -0.1) is 0 Å². The lowest BCUT2D eigenvalue weighted by Crippen LogP contribution is -2.53. The first kappa shape index (κ1) is 31.4. The van der Waals surface area contributed by atoms with Gasteiger partial charge in [-0.3, -0.25) is 19.1 Å².